The van der Waals surface area contributed by atoms with Crippen molar-refractivity contribution >= 4 is 17.3 Å². The quantitative estimate of drug-likeness (QED) is 0.118. The van der Waals surface area contributed by atoms with Crippen LogP contribution >= 0.6 is 0 Å². The fourth-order valence-electron chi connectivity index (χ4n) is 4.99. The maximum Gasteiger partial charge on any atom is 2.00 e. The van der Waals surface area contributed by atoms with Gasteiger partial charge in [0.1, 0.15) is 11.6 Å². The van der Waals surface area contributed by atoms with Gasteiger partial charge in [-0.1, -0.05) is 42.7 Å². The van der Waals surface area contributed by atoms with Gasteiger partial charge < -0.3 is 9.36 Å². The van der Waals surface area contributed by atoms with E-state index in [1.807, 2.05) is 0 Å². The summed E-state index contributed by atoms with van der Waals surface area (Å²) in [6.07, 6.45) is 1.71. The summed E-state index contributed by atoms with van der Waals surface area (Å²) in [5.74, 6) is 0.437. The molecule has 50 heavy (non-hydrogen) atoms. The predicted molar refractivity (Wildman–Crippen MR) is 165 cm³/mol. The van der Waals surface area contributed by atoms with Crippen molar-refractivity contribution in [3.8, 4) is 33.9 Å². The third kappa shape index (κ3) is 6.90. The standard InChI is InChI=1S/C34H19F6N9.Pt/c35-33(36,37)27-14-20-47(45-27)31-25(22-10-16-41-17-11-22)6-8-29(43-31)49(24-4-2-1-3-5-24)30-9-7-26(23-12-18-42-19-13-23)32(44-30)48-21-15-28(46-48)34(38,39)40;/h1-19H;/q-2;+2. The molecular formula is C34H19F6N9Pt. The molecule has 0 amide bonds. The molecule has 0 aliphatic carbocycles. The van der Waals surface area contributed by atoms with Crippen LogP contribution in [0.25, 0.3) is 33.9 Å². The number of para-hydroxylation sites is 1. The number of benzene rings is 1. The Labute approximate surface area is 294 Å². The van der Waals surface area contributed by atoms with Gasteiger partial charge in [-0.25, -0.2) is 0 Å². The minimum Gasteiger partial charge on any atom is -0.343 e. The van der Waals surface area contributed by atoms with Crippen molar-refractivity contribution < 1.29 is 47.4 Å². The molecule has 0 aliphatic heterocycles. The first kappa shape index (κ1) is 34.2. The van der Waals surface area contributed by atoms with E-state index in [1.54, 1.807) is 83.8 Å². The average molecular weight is 863 g/mol. The number of hydrogen-bond donors (Lipinski definition) is 0. The van der Waals surface area contributed by atoms with Crippen molar-refractivity contribution in [2.75, 3.05) is 4.90 Å². The number of aromatic nitrogens is 8. The van der Waals surface area contributed by atoms with Crippen molar-refractivity contribution in [2.45, 2.75) is 12.4 Å². The van der Waals surface area contributed by atoms with Crippen LogP contribution in [0, 0.1) is 12.4 Å². The van der Waals surface area contributed by atoms with Crippen LogP contribution < -0.4 is 4.90 Å². The molecule has 6 aromatic heterocycles. The maximum atomic E-state index is 13.6. The molecule has 0 radical (unpaired) electrons. The maximum absolute atomic E-state index is 13.6. The second-order valence-electron chi connectivity index (χ2n) is 10.4. The molecule has 0 atom stereocenters. The topological polar surface area (TPSA) is 90.4 Å². The monoisotopic (exact) mass is 862 g/mol. The summed E-state index contributed by atoms with van der Waals surface area (Å²) < 4.78 is 83.3. The molecule has 9 nitrogen and oxygen atoms in total. The Balaban J connectivity index is 0.00000432. The smallest absolute Gasteiger partial charge is 0.343 e. The Bertz CT molecular complexity index is 2080. The van der Waals surface area contributed by atoms with Crippen LogP contribution in [-0.2, 0) is 33.4 Å². The number of nitrogens with zero attached hydrogens (tertiary/aromatic N) is 9. The Morgan fingerprint density at radius 3 is 1.34 bits per heavy atom. The average Bonchev–Trinajstić information content (AvgIpc) is 3.82. The van der Waals surface area contributed by atoms with Crippen LogP contribution in [0.3, 0.4) is 0 Å². The number of rotatable bonds is 7. The number of alkyl halides is 6. The number of halogens is 6. The predicted octanol–water partition coefficient (Wildman–Crippen LogP) is 8.08. The van der Waals surface area contributed by atoms with Crippen molar-refractivity contribution in [1.29, 1.82) is 0 Å². The van der Waals surface area contributed by atoms with Crippen molar-refractivity contribution in [3.63, 3.8) is 0 Å². The summed E-state index contributed by atoms with van der Waals surface area (Å²) in [4.78, 5) is 19.2. The fourth-order valence-corrected chi connectivity index (χ4v) is 4.99. The van der Waals surface area contributed by atoms with Crippen molar-refractivity contribution in [3.05, 3.63) is 140 Å². The Morgan fingerprint density at radius 2 is 0.960 bits per heavy atom. The molecule has 7 rings (SSSR count). The molecular weight excluding hydrogens is 844 g/mol. The van der Waals surface area contributed by atoms with Gasteiger partial charge in [0.25, 0.3) is 0 Å². The van der Waals surface area contributed by atoms with E-state index in [2.05, 4.69) is 32.6 Å². The molecule has 0 spiro atoms. The van der Waals surface area contributed by atoms with Crippen molar-refractivity contribution in [1.82, 2.24) is 39.5 Å². The zero-order chi connectivity index (χ0) is 34.2. The van der Waals surface area contributed by atoms with E-state index in [0.717, 1.165) is 21.5 Å². The Morgan fingerprint density at radius 1 is 0.540 bits per heavy atom. The molecule has 252 valence electrons. The zero-order valence-electron chi connectivity index (χ0n) is 25.1. The summed E-state index contributed by atoms with van der Waals surface area (Å²) >= 11 is 0. The minimum atomic E-state index is -4.72. The second kappa shape index (κ2) is 13.7. The molecule has 0 N–H and O–H groups in total. The molecule has 6 heterocycles. The Hall–Kier alpha value is -5.69. The van der Waals surface area contributed by atoms with Gasteiger partial charge in [0.05, 0.1) is 23.0 Å². The second-order valence-corrected chi connectivity index (χ2v) is 10.4. The van der Waals surface area contributed by atoms with E-state index in [-0.39, 0.29) is 44.3 Å². The molecule has 0 saturated carbocycles. The van der Waals surface area contributed by atoms with Crippen LogP contribution in [0.5, 0.6) is 0 Å². The molecule has 0 unspecified atom stereocenters. The van der Waals surface area contributed by atoms with Gasteiger partial charge in [0.2, 0.25) is 0 Å². The number of hydrogen-bond acceptors (Lipinski definition) is 7. The third-order valence-corrected chi connectivity index (χ3v) is 7.22. The van der Waals surface area contributed by atoms with E-state index < -0.39 is 23.7 Å². The van der Waals surface area contributed by atoms with Gasteiger partial charge in [-0.05, 0) is 70.8 Å². The Kier molecular flexibility index (Phi) is 9.34. The first-order chi connectivity index (χ1) is 23.6. The minimum absolute atomic E-state index is 0. The van der Waals surface area contributed by atoms with Crippen LogP contribution in [0.1, 0.15) is 11.4 Å². The van der Waals surface area contributed by atoms with Gasteiger partial charge >= 0.3 is 33.4 Å². The molecule has 0 saturated heterocycles. The molecule has 0 bridgehead atoms. The molecule has 7 aromatic rings. The van der Waals surface area contributed by atoms with Gasteiger partial charge in [0.15, 0.2) is 0 Å². The van der Waals surface area contributed by atoms with Crippen LogP contribution in [0.15, 0.2) is 116 Å². The van der Waals surface area contributed by atoms with Crippen LogP contribution in [0.2, 0.25) is 0 Å². The summed E-state index contributed by atoms with van der Waals surface area (Å²) in [6, 6.07) is 23.5. The molecule has 16 heteroatoms. The fraction of sp³-hybridized carbons (Fsp3) is 0.0588. The van der Waals surface area contributed by atoms with Gasteiger partial charge in [-0.15, -0.1) is 12.1 Å². The van der Waals surface area contributed by atoms with Crippen molar-refractivity contribution in [2.24, 2.45) is 0 Å². The van der Waals surface area contributed by atoms with E-state index in [4.69, 9.17) is 9.97 Å². The summed E-state index contributed by atoms with van der Waals surface area (Å²) in [7, 11) is 0. The molecule has 0 aliphatic rings. The van der Waals surface area contributed by atoms with Crippen LogP contribution in [-0.4, -0.2) is 39.5 Å². The van der Waals surface area contributed by atoms with E-state index in [9.17, 15) is 26.3 Å². The summed E-state index contributed by atoms with van der Waals surface area (Å²) in [5, 5.41) is 7.43. The molecule has 1 aromatic carbocycles. The van der Waals surface area contributed by atoms with Gasteiger partial charge in [-0.2, -0.15) is 26.3 Å². The van der Waals surface area contributed by atoms with Gasteiger partial charge in [-0.3, -0.25) is 35.0 Å². The van der Waals surface area contributed by atoms with E-state index >= 15 is 0 Å². The molecule has 0 fully saturated rings. The third-order valence-electron chi connectivity index (χ3n) is 7.22. The number of pyridine rings is 4. The summed E-state index contributed by atoms with van der Waals surface area (Å²) in [6.45, 7) is 0. The largest absolute Gasteiger partial charge is 2.00 e. The SMILES string of the molecule is FC(F)(F)c1c[c-]n(-c2nc(N(c3ccccc3)c3ccc(-c4ccncc4)c(-n4[c-]cc(C(F)(F)F)n4)n3)ccc2-c2ccncc2)n1.[Pt+2]. The van der Waals surface area contributed by atoms with Gasteiger partial charge in [0, 0.05) is 30.5 Å². The first-order valence-corrected chi connectivity index (χ1v) is 14.3. The summed E-state index contributed by atoms with van der Waals surface area (Å²) in [5.41, 5.74) is 0.279. The van der Waals surface area contributed by atoms with E-state index in [0.29, 0.717) is 27.9 Å². The first-order valence-electron chi connectivity index (χ1n) is 14.3. The normalized spacial score (nSPS) is 11.6. The zero-order valence-corrected chi connectivity index (χ0v) is 27.4. The van der Waals surface area contributed by atoms with Crippen LogP contribution in [0.4, 0.5) is 43.7 Å². The number of anilines is 3. The van der Waals surface area contributed by atoms with E-state index in [1.165, 1.54) is 24.8 Å².